The van der Waals surface area contributed by atoms with Crippen molar-refractivity contribution in [3.63, 3.8) is 0 Å². The maximum Gasteiger partial charge on any atom is 0.116 e. The van der Waals surface area contributed by atoms with E-state index in [9.17, 15) is 0 Å². The van der Waals surface area contributed by atoms with Gasteiger partial charge in [-0.2, -0.15) is 0 Å². The van der Waals surface area contributed by atoms with E-state index in [2.05, 4.69) is 16.4 Å². The molecule has 78 valence electrons. The molecular weight excluding hydrogens is 204 g/mol. The van der Waals surface area contributed by atoms with Gasteiger partial charge in [-0.25, -0.2) is 4.98 Å². The summed E-state index contributed by atoms with van der Waals surface area (Å²) in [6, 6.07) is 0. The molecule has 0 aliphatic rings. The molecule has 0 saturated carbocycles. The molecule has 0 aliphatic heterocycles. The molecule has 1 rings (SSSR count). The third-order valence-corrected chi connectivity index (χ3v) is 2.83. The minimum Gasteiger partial charge on any atom is -0.266 e. The highest BCUT2D eigenvalue weighted by molar-refractivity contribution is 7.12. The van der Waals surface area contributed by atoms with Gasteiger partial charge in [0.25, 0.3) is 0 Å². The van der Waals surface area contributed by atoms with Crippen LogP contribution in [0.5, 0.6) is 0 Å². The first-order valence-corrected chi connectivity index (χ1v) is 4.84. The molecule has 0 aromatic carbocycles. The summed E-state index contributed by atoms with van der Waals surface area (Å²) in [6.07, 6.45) is 2.28. The third kappa shape index (κ3) is 3.17. The zero-order valence-electron chi connectivity index (χ0n) is 7.80. The molecule has 0 saturated heterocycles. The fourth-order valence-corrected chi connectivity index (χ4v) is 1.89. The van der Waals surface area contributed by atoms with Gasteiger partial charge < -0.3 is 0 Å². The molecule has 0 radical (unpaired) electrons. The maximum atomic E-state index is 8.29. The molecule has 0 spiro atoms. The van der Waals surface area contributed by atoms with Gasteiger partial charge in [-0.05, 0) is 13.0 Å². The van der Waals surface area contributed by atoms with Gasteiger partial charge in [0, 0.05) is 11.3 Å². The van der Waals surface area contributed by atoms with Crippen molar-refractivity contribution in [3.05, 3.63) is 22.2 Å². The Balaban J connectivity index is 2.49. The van der Waals surface area contributed by atoms with E-state index in [1.807, 2.05) is 6.92 Å². The van der Waals surface area contributed by atoms with Crippen LogP contribution in [0.1, 0.15) is 15.6 Å². The molecule has 0 aliphatic carbocycles. The maximum absolute atomic E-state index is 8.29. The van der Waals surface area contributed by atoms with Gasteiger partial charge in [-0.15, -0.1) is 11.3 Å². The lowest BCUT2D eigenvalue weighted by Gasteiger charge is -2.04. The second-order valence-corrected chi connectivity index (χ2v) is 3.72. The lowest BCUT2D eigenvalue weighted by atomic mass is 10.3. The van der Waals surface area contributed by atoms with E-state index in [1.165, 1.54) is 11.3 Å². The van der Waals surface area contributed by atoms with E-state index in [0.717, 1.165) is 15.6 Å². The molecular formula is C8H12N2O3S. The molecule has 1 aromatic rings. The van der Waals surface area contributed by atoms with Gasteiger partial charge in [0.2, 0.25) is 0 Å². The van der Waals surface area contributed by atoms with Gasteiger partial charge in [0.05, 0.1) is 17.7 Å². The minimum atomic E-state index is -0.287. The minimum absolute atomic E-state index is 0.201. The van der Waals surface area contributed by atoms with Crippen molar-refractivity contribution in [2.45, 2.75) is 13.3 Å². The fraction of sp³-hybridized carbons (Fsp3) is 0.375. The van der Waals surface area contributed by atoms with Crippen LogP contribution < -0.4 is 0 Å². The highest BCUT2D eigenvalue weighted by Crippen LogP contribution is 2.19. The van der Waals surface area contributed by atoms with Gasteiger partial charge in [-0.3, -0.25) is 15.3 Å². The van der Waals surface area contributed by atoms with E-state index < -0.39 is 0 Å². The average molecular weight is 216 g/mol. The topological polar surface area (TPSA) is 65.8 Å². The van der Waals surface area contributed by atoms with Gasteiger partial charge >= 0.3 is 0 Å². The number of thiazole rings is 1. The molecule has 14 heavy (non-hydrogen) atoms. The summed E-state index contributed by atoms with van der Waals surface area (Å²) in [5.74, 6) is 0. The summed E-state index contributed by atoms with van der Waals surface area (Å²) >= 11 is 1.52. The highest BCUT2D eigenvalue weighted by Gasteiger charge is 2.05. The monoisotopic (exact) mass is 216 g/mol. The second-order valence-electron chi connectivity index (χ2n) is 2.60. The molecule has 6 heteroatoms. The largest absolute Gasteiger partial charge is 0.266 e. The zero-order valence-corrected chi connectivity index (χ0v) is 8.62. The smallest absolute Gasteiger partial charge is 0.116 e. The second kappa shape index (κ2) is 5.18. The summed E-state index contributed by atoms with van der Waals surface area (Å²) in [6.45, 7) is 5.72. The van der Waals surface area contributed by atoms with Gasteiger partial charge in [0.1, 0.15) is 5.01 Å². The first kappa shape index (κ1) is 11.3. The Bertz CT molecular complexity index is 312. The number of nitrogens with zero attached hydrogens (tertiary/aromatic N) is 2. The van der Waals surface area contributed by atoms with Crippen molar-refractivity contribution in [2.24, 2.45) is 0 Å². The Labute approximate surface area is 85.8 Å². The van der Waals surface area contributed by atoms with Crippen LogP contribution in [0.2, 0.25) is 0 Å². The first-order chi connectivity index (χ1) is 6.63. The fourth-order valence-electron chi connectivity index (χ4n) is 0.990. The van der Waals surface area contributed by atoms with Crippen LogP contribution in [0.25, 0.3) is 6.08 Å². The van der Waals surface area contributed by atoms with Crippen molar-refractivity contribution in [2.75, 3.05) is 6.61 Å². The summed E-state index contributed by atoms with van der Waals surface area (Å²) < 4.78 is 0. The predicted molar refractivity (Wildman–Crippen MR) is 52.0 cm³/mol. The number of hydrogen-bond acceptors (Lipinski definition) is 6. The van der Waals surface area contributed by atoms with E-state index in [-0.39, 0.29) is 12.0 Å². The predicted octanol–water partition coefficient (Wildman–Crippen LogP) is 1.65. The van der Waals surface area contributed by atoms with Crippen LogP contribution in [0, 0.1) is 6.92 Å². The Hall–Kier alpha value is -0.790. The van der Waals surface area contributed by atoms with Crippen LogP contribution in [0.15, 0.2) is 6.58 Å². The normalized spacial score (nSPS) is 10.9. The van der Waals surface area contributed by atoms with Crippen molar-refractivity contribution >= 4 is 17.4 Å². The Morgan fingerprint density at radius 2 is 2.36 bits per heavy atom. The number of aromatic nitrogens is 1. The molecule has 1 aromatic heterocycles. The van der Waals surface area contributed by atoms with Crippen molar-refractivity contribution in [3.8, 4) is 0 Å². The van der Waals surface area contributed by atoms with E-state index in [0.29, 0.717) is 6.42 Å². The quantitative estimate of drug-likeness (QED) is 0.732. The number of aryl methyl sites for hydroxylation is 1. The Kier molecular flexibility index (Phi) is 4.18. The van der Waals surface area contributed by atoms with Gasteiger partial charge in [0.15, 0.2) is 0 Å². The van der Waals surface area contributed by atoms with Crippen molar-refractivity contribution in [1.29, 1.82) is 0 Å². The molecule has 0 bridgehead atoms. The van der Waals surface area contributed by atoms with Crippen LogP contribution in [-0.4, -0.2) is 27.4 Å². The summed E-state index contributed by atoms with van der Waals surface area (Å²) in [5.41, 5.74) is 0.927. The SMILES string of the molecule is C=Cc1nc(C)c(CCON(O)O)s1. The van der Waals surface area contributed by atoms with E-state index >= 15 is 0 Å². The van der Waals surface area contributed by atoms with Gasteiger partial charge in [-0.1, -0.05) is 6.58 Å². The Morgan fingerprint density at radius 3 is 2.86 bits per heavy atom. The Morgan fingerprint density at radius 1 is 1.64 bits per heavy atom. The summed E-state index contributed by atoms with van der Waals surface area (Å²) in [4.78, 5) is 9.73. The zero-order chi connectivity index (χ0) is 10.6. The van der Waals surface area contributed by atoms with Crippen LogP contribution in [0.4, 0.5) is 0 Å². The first-order valence-electron chi connectivity index (χ1n) is 4.03. The molecule has 0 atom stereocenters. The molecule has 0 fully saturated rings. The van der Waals surface area contributed by atoms with E-state index in [4.69, 9.17) is 10.4 Å². The molecule has 0 amide bonds. The van der Waals surface area contributed by atoms with Crippen molar-refractivity contribution in [1.82, 2.24) is 10.4 Å². The molecule has 2 N–H and O–H groups in total. The summed E-state index contributed by atoms with van der Waals surface area (Å²) in [7, 11) is 0. The van der Waals surface area contributed by atoms with Crippen LogP contribution in [0.3, 0.4) is 0 Å². The molecule has 5 nitrogen and oxygen atoms in total. The highest BCUT2D eigenvalue weighted by atomic mass is 32.1. The lowest BCUT2D eigenvalue weighted by Crippen LogP contribution is -2.16. The molecule has 1 heterocycles. The standard InChI is InChI=1S/C8H12N2O3S/c1-3-8-9-6(2)7(14-8)4-5-13-10(11)12/h3,11-12H,1,4-5H2,2H3. The van der Waals surface area contributed by atoms with Crippen LogP contribution in [-0.2, 0) is 11.3 Å². The third-order valence-electron chi connectivity index (χ3n) is 1.62. The number of hydrogen-bond donors (Lipinski definition) is 2. The van der Waals surface area contributed by atoms with Crippen molar-refractivity contribution < 1.29 is 15.3 Å². The average Bonchev–Trinajstić information content (AvgIpc) is 2.47. The molecule has 0 unspecified atom stereocenters. The van der Waals surface area contributed by atoms with Crippen LogP contribution >= 0.6 is 11.3 Å². The lowest BCUT2D eigenvalue weighted by molar-refractivity contribution is -0.492. The number of rotatable bonds is 5. The van der Waals surface area contributed by atoms with E-state index in [1.54, 1.807) is 6.08 Å². The summed E-state index contributed by atoms with van der Waals surface area (Å²) in [5, 5.41) is 17.2.